The van der Waals surface area contributed by atoms with Gasteiger partial charge < -0.3 is 5.73 Å². The van der Waals surface area contributed by atoms with Crippen molar-refractivity contribution in [2.45, 2.75) is 11.8 Å². The molecule has 0 radical (unpaired) electrons. The second kappa shape index (κ2) is 5.68. The molecule has 0 heterocycles. The van der Waals surface area contributed by atoms with Gasteiger partial charge in [0, 0.05) is 24.4 Å². The number of benzene rings is 1. The number of rotatable bonds is 1. The number of thiocarbonyl (C=S) groups is 1. The molecule has 0 fully saturated rings. The quantitative estimate of drug-likeness (QED) is 0.469. The van der Waals surface area contributed by atoms with E-state index in [4.69, 9.17) is 18.0 Å². The molecule has 1 aromatic carbocycles. The van der Waals surface area contributed by atoms with Gasteiger partial charge >= 0.3 is 0 Å². The zero-order chi connectivity index (χ0) is 8.27. The fraction of sp³-hybridized carbons (Fsp3) is 0.125. The molecule has 0 aliphatic heterocycles. The van der Waals surface area contributed by atoms with Gasteiger partial charge in [-0.05, 0) is 18.6 Å². The van der Waals surface area contributed by atoms with Gasteiger partial charge in [0.15, 0.2) is 0 Å². The van der Waals surface area contributed by atoms with Crippen LogP contribution in [0, 0.1) is 6.92 Å². The van der Waals surface area contributed by atoms with E-state index < -0.39 is 0 Å². The molecule has 0 aromatic heterocycles. The molecule has 0 saturated heterocycles. The summed E-state index contributed by atoms with van der Waals surface area (Å²) >= 11 is 6.21. The zero-order valence-electron chi connectivity index (χ0n) is 6.91. The standard InChI is InChI=1S/C8H9NS2.Zn/c1-6-4-2-3-5-7(6)11-8(9)10;/h2-5H,1H3,(H2,9,10);. The Morgan fingerprint density at radius 2 is 2.00 bits per heavy atom. The molecule has 0 aliphatic carbocycles. The van der Waals surface area contributed by atoms with E-state index in [1.54, 1.807) is 0 Å². The molecule has 1 nitrogen and oxygen atoms in total. The van der Waals surface area contributed by atoms with Crippen LogP contribution < -0.4 is 5.73 Å². The smallest absolute Gasteiger partial charge is 0.136 e. The molecular formula is C8H9NS2Zn. The molecule has 0 unspecified atom stereocenters. The molecule has 0 aliphatic rings. The number of thioether (sulfide) groups is 1. The first-order valence-electron chi connectivity index (χ1n) is 3.23. The van der Waals surface area contributed by atoms with E-state index >= 15 is 0 Å². The summed E-state index contributed by atoms with van der Waals surface area (Å²) in [6.07, 6.45) is 0. The van der Waals surface area contributed by atoms with Crippen molar-refractivity contribution in [3.05, 3.63) is 29.8 Å². The maximum absolute atomic E-state index is 5.39. The minimum atomic E-state index is 0. The van der Waals surface area contributed by atoms with Gasteiger partial charge in [0.25, 0.3) is 0 Å². The topological polar surface area (TPSA) is 26.0 Å². The summed E-state index contributed by atoms with van der Waals surface area (Å²) in [5.41, 5.74) is 6.60. The van der Waals surface area contributed by atoms with Crippen LogP contribution in [-0.2, 0) is 19.5 Å². The van der Waals surface area contributed by atoms with Gasteiger partial charge in [-0.2, -0.15) is 0 Å². The second-order valence-corrected chi connectivity index (χ2v) is 3.97. The summed E-state index contributed by atoms with van der Waals surface area (Å²) in [5.74, 6) is 0. The molecule has 0 saturated carbocycles. The van der Waals surface area contributed by atoms with E-state index in [-0.39, 0.29) is 19.5 Å². The third-order valence-corrected chi connectivity index (χ3v) is 2.43. The monoisotopic (exact) mass is 247 g/mol. The van der Waals surface area contributed by atoms with Crippen molar-refractivity contribution in [2.75, 3.05) is 0 Å². The Hall–Kier alpha value is 0.0834. The van der Waals surface area contributed by atoms with Crippen molar-refractivity contribution in [1.29, 1.82) is 0 Å². The van der Waals surface area contributed by atoms with Crippen molar-refractivity contribution in [2.24, 2.45) is 5.73 Å². The number of aryl methyl sites for hydroxylation is 1. The first-order valence-corrected chi connectivity index (χ1v) is 4.45. The van der Waals surface area contributed by atoms with Crippen LogP contribution in [0.25, 0.3) is 0 Å². The van der Waals surface area contributed by atoms with Crippen LogP contribution in [0.1, 0.15) is 5.56 Å². The summed E-state index contributed by atoms with van der Waals surface area (Å²) in [4.78, 5) is 1.14. The SMILES string of the molecule is Cc1ccccc1SC(N)=S.[Zn]. The molecular weight excluding hydrogens is 240 g/mol. The second-order valence-electron chi connectivity index (χ2n) is 2.19. The largest absolute Gasteiger partial charge is 0.384 e. The maximum Gasteiger partial charge on any atom is 0.136 e. The van der Waals surface area contributed by atoms with Gasteiger partial charge in [0.2, 0.25) is 0 Å². The van der Waals surface area contributed by atoms with E-state index in [1.807, 2.05) is 31.2 Å². The molecule has 1 rings (SSSR count). The Labute approximate surface area is 94.9 Å². The number of hydrogen-bond donors (Lipinski definition) is 1. The molecule has 0 atom stereocenters. The van der Waals surface area contributed by atoms with Crippen LogP contribution in [0.5, 0.6) is 0 Å². The molecule has 1 aromatic rings. The Bertz CT molecular complexity index is 276. The average Bonchev–Trinajstić information content (AvgIpc) is 1.93. The third kappa shape index (κ3) is 3.66. The van der Waals surface area contributed by atoms with E-state index in [1.165, 1.54) is 17.3 Å². The average molecular weight is 249 g/mol. The van der Waals surface area contributed by atoms with Crippen LogP contribution >= 0.6 is 24.0 Å². The van der Waals surface area contributed by atoms with Gasteiger partial charge in [-0.3, -0.25) is 0 Å². The number of hydrogen-bond acceptors (Lipinski definition) is 2. The third-order valence-electron chi connectivity index (χ3n) is 1.30. The summed E-state index contributed by atoms with van der Waals surface area (Å²) in [6.45, 7) is 2.04. The fourth-order valence-corrected chi connectivity index (χ4v) is 1.64. The van der Waals surface area contributed by atoms with Crippen molar-refractivity contribution in [1.82, 2.24) is 0 Å². The summed E-state index contributed by atoms with van der Waals surface area (Å²) in [5, 5.41) is 0. The zero-order valence-corrected chi connectivity index (χ0v) is 11.5. The molecule has 0 amide bonds. The van der Waals surface area contributed by atoms with Crippen LogP contribution in [-0.4, -0.2) is 4.32 Å². The molecule has 0 spiro atoms. The number of nitrogens with two attached hydrogens (primary N) is 1. The Morgan fingerprint density at radius 1 is 1.42 bits per heavy atom. The van der Waals surface area contributed by atoms with Gasteiger partial charge in [0.05, 0.1) is 0 Å². The van der Waals surface area contributed by atoms with Crippen LogP contribution in [0.3, 0.4) is 0 Å². The Kier molecular flexibility index (Phi) is 5.72. The van der Waals surface area contributed by atoms with Gasteiger partial charge in [-0.15, -0.1) is 0 Å². The Balaban J connectivity index is 0.00000121. The van der Waals surface area contributed by atoms with Gasteiger partial charge in [-0.1, -0.05) is 42.2 Å². The van der Waals surface area contributed by atoms with E-state index in [0.29, 0.717) is 4.32 Å². The summed E-state index contributed by atoms with van der Waals surface area (Å²) in [6, 6.07) is 8.03. The fourth-order valence-electron chi connectivity index (χ4n) is 0.779. The predicted octanol–water partition coefficient (Wildman–Crippen LogP) is 2.33. The first kappa shape index (κ1) is 12.1. The summed E-state index contributed by atoms with van der Waals surface area (Å²) < 4.78 is 0.472. The Morgan fingerprint density at radius 3 is 2.50 bits per heavy atom. The van der Waals surface area contributed by atoms with E-state index in [2.05, 4.69) is 0 Å². The first-order chi connectivity index (χ1) is 5.20. The predicted molar refractivity (Wildman–Crippen MR) is 53.8 cm³/mol. The molecule has 2 N–H and O–H groups in total. The minimum Gasteiger partial charge on any atom is -0.384 e. The molecule has 4 heteroatoms. The van der Waals surface area contributed by atoms with Crippen molar-refractivity contribution < 1.29 is 19.5 Å². The van der Waals surface area contributed by atoms with Crippen molar-refractivity contribution >= 4 is 28.3 Å². The van der Waals surface area contributed by atoms with Crippen molar-refractivity contribution in [3.8, 4) is 0 Å². The molecule has 0 bridgehead atoms. The van der Waals surface area contributed by atoms with Gasteiger partial charge in [-0.25, -0.2) is 0 Å². The molecule has 60 valence electrons. The maximum atomic E-state index is 5.39. The normalized spacial score (nSPS) is 8.75. The van der Waals surface area contributed by atoms with Crippen LogP contribution in [0.15, 0.2) is 29.2 Å². The summed E-state index contributed by atoms with van der Waals surface area (Å²) in [7, 11) is 0. The van der Waals surface area contributed by atoms with E-state index in [9.17, 15) is 0 Å². The van der Waals surface area contributed by atoms with E-state index in [0.717, 1.165) is 4.90 Å². The van der Waals surface area contributed by atoms with Gasteiger partial charge in [0.1, 0.15) is 4.32 Å². The molecule has 12 heavy (non-hydrogen) atoms. The van der Waals surface area contributed by atoms with Crippen molar-refractivity contribution in [3.63, 3.8) is 0 Å². The van der Waals surface area contributed by atoms with Crippen LogP contribution in [0.2, 0.25) is 0 Å². The minimum absolute atomic E-state index is 0. The van der Waals surface area contributed by atoms with Crippen LogP contribution in [0.4, 0.5) is 0 Å².